The summed E-state index contributed by atoms with van der Waals surface area (Å²) < 4.78 is 0. The zero-order valence-electron chi connectivity index (χ0n) is 8.47. The van der Waals surface area contributed by atoms with Crippen molar-refractivity contribution in [3.63, 3.8) is 0 Å². The number of hydrogen-bond acceptors (Lipinski definition) is 2. The van der Waals surface area contributed by atoms with E-state index in [-0.39, 0.29) is 5.54 Å². The molecule has 0 saturated heterocycles. The van der Waals surface area contributed by atoms with Crippen molar-refractivity contribution < 1.29 is 4.79 Å². The Morgan fingerprint density at radius 2 is 1.92 bits per heavy atom. The van der Waals surface area contributed by atoms with Crippen LogP contribution in [0.15, 0.2) is 4.99 Å². The first-order valence-electron chi connectivity index (χ1n) is 5.17. The third-order valence-corrected chi connectivity index (χ3v) is 3.70. The Morgan fingerprint density at radius 3 is 2.23 bits per heavy atom. The summed E-state index contributed by atoms with van der Waals surface area (Å²) in [5.41, 5.74) is 0.402. The standard InChI is InChI=1S/C11H17NO/c1-10(2)6-11(7-10,12-8-13)9-4-3-5-9/h9H,3-7H2,1-2H3. The Morgan fingerprint density at radius 1 is 1.31 bits per heavy atom. The smallest absolute Gasteiger partial charge is 0.211 e. The molecule has 0 N–H and O–H groups in total. The molecule has 13 heavy (non-hydrogen) atoms. The first-order valence-corrected chi connectivity index (χ1v) is 5.17. The van der Waals surface area contributed by atoms with Crippen LogP contribution >= 0.6 is 0 Å². The van der Waals surface area contributed by atoms with Crippen molar-refractivity contribution in [2.75, 3.05) is 0 Å². The fourth-order valence-corrected chi connectivity index (χ4v) is 3.10. The van der Waals surface area contributed by atoms with Gasteiger partial charge < -0.3 is 0 Å². The van der Waals surface area contributed by atoms with E-state index in [2.05, 4.69) is 18.8 Å². The molecule has 0 radical (unpaired) electrons. The maximum Gasteiger partial charge on any atom is 0.235 e. The molecule has 0 amide bonds. The summed E-state index contributed by atoms with van der Waals surface area (Å²) in [6, 6.07) is 0. The molecule has 0 bridgehead atoms. The van der Waals surface area contributed by atoms with Gasteiger partial charge in [0.1, 0.15) is 0 Å². The molecule has 2 nitrogen and oxygen atoms in total. The third kappa shape index (κ3) is 1.34. The van der Waals surface area contributed by atoms with Crippen LogP contribution in [-0.2, 0) is 4.79 Å². The minimum absolute atomic E-state index is 0.00347. The second-order valence-electron chi connectivity index (χ2n) is 5.45. The first kappa shape index (κ1) is 8.96. The summed E-state index contributed by atoms with van der Waals surface area (Å²) in [5.74, 6) is 0.682. The van der Waals surface area contributed by atoms with Gasteiger partial charge in [-0.15, -0.1) is 0 Å². The van der Waals surface area contributed by atoms with Crippen molar-refractivity contribution in [2.24, 2.45) is 16.3 Å². The summed E-state index contributed by atoms with van der Waals surface area (Å²) in [5, 5.41) is 0. The summed E-state index contributed by atoms with van der Waals surface area (Å²) in [7, 11) is 0. The number of nitrogens with zero attached hydrogens (tertiary/aromatic N) is 1. The molecule has 0 spiro atoms. The van der Waals surface area contributed by atoms with E-state index < -0.39 is 0 Å². The van der Waals surface area contributed by atoms with Gasteiger partial charge in [0, 0.05) is 0 Å². The Balaban J connectivity index is 2.10. The largest absolute Gasteiger partial charge is 0.235 e. The van der Waals surface area contributed by atoms with Crippen LogP contribution in [0.3, 0.4) is 0 Å². The molecular weight excluding hydrogens is 162 g/mol. The van der Waals surface area contributed by atoms with E-state index >= 15 is 0 Å². The molecule has 2 rings (SSSR count). The van der Waals surface area contributed by atoms with Crippen LogP contribution in [0, 0.1) is 11.3 Å². The molecule has 0 aliphatic heterocycles. The maximum absolute atomic E-state index is 10.4. The van der Waals surface area contributed by atoms with Crippen LogP contribution < -0.4 is 0 Å². The van der Waals surface area contributed by atoms with E-state index in [4.69, 9.17) is 0 Å². The first-order chi connectivity index (χ1) is 6.08. The zero-order chi connectivity index (χ0) is 9.53. The quantitative estimate of drug-likeness (QED) is 0.473. The van der Waals surface area contributed by atoms with Gasteiger partial charge in [-0.3, -0.25) is 0 Å². The molecule has 2 aliphatic rings. The Hall–Kier alpha value is -0.620. The molecule has 2 fully saturated rings. The van der Waals surface area contributed by atoms with E-state index in [9.17, 15) is 4.79 Å². The van der Waals surface area contributed by atoms with Crippen LogP contribution in [-0.4, -0.2) is 11.6 Å². The summed E-state index contributed by atoms with van der Waals surface area (Å²) in [6.07, 6.45) is 7.79. The number of rotatable bonds is 2. The normalized spacial score (nSPS) is 29.7. The van der Waals surface area contributed by atoms with Crippen molar-refractivity contribution >= 4 is 6.08 Å². The van der Waals surface area contributed by atoms with Gasteiger partial charge in [-0.25, -0.2) is 4.79 Å². The van der Waals surface area contributed by atoms with E-state index in [1.165, 1.54) is 19.3 Å². The van der Waals surface area contributed by atoms with E-state index in [0.717, 1.165) is 12.8 Å². The predicted octanol–water partition coefficient (Wildman–Crippen LogP) is 2.68. The average molecular weight is 179 g/mol. The van der Waals surface area contributed by atoms with Gasteiger partial charge in [0.05, 0.1) is 5.54 Å². The highest BCUT2D eigenvalue weighted by Crippen LogP contribution is 2.58. The van der Waals surface area contributed by atoms with Crippen molar-refractivity contribution in [3.05, 3.63) is 0 Å². The molecule has 72 valence electrons. The second-order valence-corrected chi connectivity index (χ2v) is 5.45. The summed E-state index contributed by atoms with van der Waals surface area (Å²) in [4.78, 5) is 14.5. The Labute approximate surface area is 79.4 Å². The van der Waals surface area contributed by atoms with Crippen LogP contribution in [0.25, 0.3) is 0 Å². The molecule has 2 heteroatoms. The SMILES string of the molecule is CC1(C)CC(N=C=O)(C2CCC2)C1. The highest BCUT2D eigenvalue weighted by atomic mass is 16.1. The predicted molar refractivity (Wildman–Crippen MR) is 51.2 cm³/mol. The van der Waals surface area contributed by atoms with Gasteiger partial charge in [0.15, 0.2) is 0 Å². The van der Waals surface area contributed by atoms with Crippen molar-refractivity contribution in [1.29, 1.82) is 0 Å². The van der Waals surface area contributed by atoms with E-state index in [1.54, 1.807) is 6.08 Å². The fourth-order valence-electron chi connectivity index (χ4n) is 3.10. The number of isocyanates is 1. The van der Waals surface area contributed by atoms with Crippen LogP contribution in [0.2, 0.25) is 0 Å². The van der Waals surface area contributed by atoms with Crippen LogP contribution in [0.4, 0.5) is 0 Å². The highest BCUT2D eigenvalue weighted by molar-refractivity contribution is 5.36. The second kappa shape index (κ2) is 2.68. The average Bonchev–Trinajstić information content (AvgIpc) is 1.78. The lowest BCUT2D eigenvalue weighted by atomic mass is 9.51. The van der Waals surface area contributed by atoms with Gasteiger partial charge in [0.2, 0.25) is 6.08 Å². The zero-order valence-corrected chi connectivity index (χ0v) is 8.47. The Bertz CT molecular complexity index is 251. The van der Waals surface area contributed by atoms with Crippen molar-refractivity contribution in [2.45, 2.75) is 51.5 Å². The number of hydrogen-bond donors (Lipinski definition) is 0. The van der Waals surface area contributed by atoms with Crippen molar-refractivity contribution in [3.8, 4) is 0 Å². The van der Waals surface area contributed by atoms with Crippen LogP contribution in [0.1, 0.15) is 46.0 Å². The number of aliphatic imine (C=N–C) groups is 1. The third-order valence-electron chi connectivity index (χ3n) is 3.70. The molecule has 2 saturated carbocycles. The molecule has 2 aliphatic carbocycles. The molecular formula is C11H17NO. The minimum atomic E-state index is 0.00347. The highest BCUT2D eigenvalue weighted by Gasteiger charge is 2.55. The minimum Gasteiger partial charge on any atom is -0.211 e. The van der Waals surface area contributed by atoms with Gasteiger partial charge in [-0.1, -0.05) is 20.3 Å². The molecule has 0 aromatic rings. The fraction of sp³-hybridized carbons (Fsp3) is 0.909. The lowest BCUT2D eigenvalue weighted by Crippen LogP contribution is -2.54. The van der Waals surface area contributed by atoms with Gasteiger partial charge in [0.25, 0.3) is 0 Å². The monoisotopic (exact) mass is 179 g/mol. The van der Waals surface area contributed by atoms with Crippen LogP contribution in [0.5, 0.6) is 0 Å². The van der Waals surface area contributed by atoms with E-state index in [1.807, 2.05) is 0 Å². The maximum atomic E-state index is 10.4. The lowest BCUT2D eigenvalue weighted by molar-refractivity contribution is -0.0108. The van der Waals surface area contributed by atoms with Gasteiger partial charge in [-0.05, 0) is 37.0 Å². The molecule has 0 aromatic carbocycles. The van der Waals surface area contributed by atoms with Gasteiger partial charge >= 0.3 is 0 Å². The molecule has 0 aromatic heterocycles. The molecule has 0 unspecified atom stereocenters. The summed E-state index contributed by atoms with van der Waals surface area (Å²) in [6.45, 7) is 4.51. The Kier molecular flexibility index (Phi) is 1.85. The van der Waals surface area contributed by atoms with Gasteiger partial charge in [-0.2, -0.15) is 4.99 Å². The summed E-state index contributed by atoms with van der Waals surface area (Å²) >= 11 is 0. The molecule has 0 heterocycles. The molecule has 0 atom stereocenters. The topological polar surface area (TPSA) is 29.4 Å². The van der Waals surface area contributed by atoms with Crippen molar-refractivity contribution in [1.82, 2.24) is 0 Å². The number of carbonyl (C=O) groups excluding carboxylic acids is 1. The van der Waals surface area contributed by atoms with E-state index in [0.29, 0.717) is 11.3 Å². The lowest BCUT2D eigenvalue weighted by Gasteiger charge is -2.56.